The van der Waals surface area contributed by atoms with Gasteiger partial charge in [-0.1, -0.05) is 187 Å². The molecule has 0 spiro atoms. The van der Waals surface area contributed by atoms with Crippen LogP contribution in [-0.4, -0.2) is 26.5 Å². The molecule has 0 fully saturated rings. The van der Waals surface area contributed by atoms with Crippen molar-refractivity contribution in [3.8, 4) is 17.2 Å². The van der Waals surface area contributed by atoms with Crippen molar-refractivity contribution < 1.29 is 42.1 Å². The minimum Gasteiger partial charge on any atom is -0.508 e. The van der Waals surface area contributed by atoms with Crippen LogP contribution < -0.4 is 0 Å². The Balaban J connectivity index is 0.000000259. The summed E-state index contributed by atoms with van der Waals surface area (Å²) in [7, 11) is 0. The van der Waals surface area contributed by atoms with Crippen molar-refractivity contribution >= 4 is 0 Å². The summed E-state index contributed by atoms with van der Waals surface area (Å²) < 4.78 is 0. The van der Waals surface area contributed by atoms with E-state index in [1.807, 2.05) is 109 Å². The molecular formula is C48H56O4Ti. The summed E-state index contributed by atoms with van der Waals surface area (Å²) >= 11 is 0. The Labute approximate surface area is 332 Å². The first kappa shape index (κ1) is 44.6. The van der Waals surface area contributed by atoms with E-state index in [-0.39, 0.29) is 44.1 Å². The predicted octanol–water partition coefficient (Wildman–Crippen LogP) is 11.5. The third-order valence-corrected chi connectivity index (χ3v) is 9.22. The van der Waals surface area contributed by atoms with Crippen LogP contribution >= 0.6 is 0 Å². The maximum atomic E-state index is 9.91. The molecule has 0 radical (unpaired) electrons. The van der Waals surface area contributed by atoms with Gasteiger partial charge in [-0.25, -0.2) is 0 Å². The normalized spacial score (nSPS) is 11.0. The molecule has 0 heterocycles. The van der Waals surface area contributed by atoms with Crippen molar-refractivity contribution in [2.24, 2.45) is 0 Å². The molecule has 6 aromatic rings. The zero-order chi connectivity index (χ0) is 38.4. The second-order valence-corrected chi connectivity index (χ2v) is 14.6. The fourth-order valence-corrected chi connectivity index (χ4v) is 6.04. The van der Waals surface area contributed by atoms with Crippen molar-refractivity contribution in [1.82, 2.24) is 0 Å². The number of benzene rings is 6. The fraction of sp³-hybridized carbons (Fsp3) is 0.250. The molecule has 6 aromatic carbocycles. The Morgan fingerprint density at radius 2 is 0.509 bits per heavy atom. The van der Waals surface area contributed by atoms with E-state index in [0.717, 1.165) is 16.7 Å². The standard InChI is InChI=1S/3C15H16O.C3H8O.Ti/c3*1-15(2,12-8-4-3-5-9-12)13-10-6-7-11-14(13)16;1-3(2)4;/h3*3-11,16H,1-2H3;3-4H,1-2H3;. The molecule has 0 saturated heterocycles. The van der Waals surface area contributed by atoms with Crippen LogP contribution in [0.3, 0.4) is 0 Å². The van der Waals surface area contributed by atoms with E-state index in [1.165, 1.54) is 16.7 Å². The summed E-state index contributed by atoms with van der Waals surface area (Å²) in [5, 5.41) is 37.8. The molecule has 0 aromatic heterocycles. The quantitative estimate of drug-likeness (QED) is 0.128. The minimum atomic E-state index is -0.174. The van der Waals surface area contributed by atoms with E-state index < -0.39 is 0 Å². The second-order valence-electron chi connectivity index (χ2n) is 14.6. The summed E-state index contributed by atoms with van der Waals surface area (Å²) in [6.45, 7) is 16.2. The maximum Gasteiger partial charge on any atom is 0.119 e. The van der Waals surface area contributed by atoms with Gasteiger partial charge in [0, 0.05) is 60.8 Å². The molecule has 4 nitrogen and oxygen atoms in total. The van der Waals surface area contributed by atoms with Crippen LogP contribution in [0, 0.1) is 0 Å². The number of rotatable bonds is 6. The first-order valence-corrected chi connectivity index (χ1v) is 17.8. The molecule has 4 N–H and O–H groups in total. The van der Waals surface area contributed by atoms with Crippen molar-refractivity contribution in [3.63, 3.8) is 0 Å². The molecule has 0 bridgehead atoms. The molecule has 0 aliphatic rings. The second kappa shape index (κ2) is 20.6. The molecule has 0 unspecified atom stereocenters. The van der Waals surface area contributed by atoms with Gasteiger partial charge in [-0.15, -0.1) is 0 Å². The average molecular weight is 745 g/mol. The van der Waals surface area contributed by atoms with Gasteiger partial charge in [-0.2, -0.15) is 0 Å². The van der Waals surface area contributed by atoms with E-state index in [4.69, 9.17) is 5.11 Å². The van der Waals surface area contributed by atoms with Crippen molar-refractivity contribution in [3.05, 3.63) is 197 Å². The number of hydrogen-bond acceptors (Lipinski definition) is 4. The fourth-order valence-electron chi connectivity index (χ4n) is 6.04. The SMILES string of the molecule is CC(C)(c1ccccc1)c1ccccc1O.CC(C)(c1ccccc1)c1ccccc1O.CC(C)(c1ccccc1)c1ccccc1O.CC(C)O.[Ti]. The summed E-state index contributed by atoms with van der Waals surface area (Å²) in [6, 6.07) is 53.2. The van der Waals surface area contributed by atoms with E-state index in [9.17, 15) is 15.3 Å². The number of hydrogen-bond donors (Lipinski definition) is 4. The molecule has 5 heteroatoms. The van der Waals surface area contributed by atoms with Crippen molar-refractivity contribution in [1.29, 1.82) is 0 Å². The van der Waals surface area contributed by atoms with E-state index >= 15 is 0 Å². The molecule has 0 amide bonds. The van der Waals surface area contributed by atoms with Crippen LogP contribution in [0.15, 0.2) is 164 Å². The zero-order valence-electron chi connectivity index (χ0n) is 32.5. The van der Waals surface area contributed by atoms with Gasteiger partial charge >= 0.3 is 0 Å². The van der Waals surface area contributed by atoms with Gasteiger partial charge in [-0.05, 0) is 48.7 Å². The largest absolute Gasteiger partial charge is 0.508 e. The molecule has 0 saturated carbocycles. The first-order valence-electron chi connectivity index (χ1n) is 17.8. The molecule has 0 aliphatic heterocycles. The summed E-state index contributed by atoms with van der Waals surface area (Å²) in [6.07, 6.45) is -0.167. The van der Waals surface area contributed by atoms with E-state index in [0.29, 0.717) is 17.2 Å². The smallest absolute Gasteiger partial charge is 0.119 e. The molecule has 276 valence electrons. The summed E-state index contributed by atoms with van der Waals surface area (Å²) in [5.74, 6) is 1.07. The molecule has 6 rings (SSSR count). The van der Waals surface area contributed by atoms with Crippen LogP contribution in [0.1, 0.15) is 88.8 Å². The number of phenols is 3. The van der Waals surface area contributed by atoms with Gasteiger partial charge in [-0.3, -0.25) is 0 Å². The van der Waals surface area contributed by atoms with E-state index in [2.05, 4.69) is 77.9 Å². The number of aliphatic hydroxyl groups excluding tert-OH is 1. The summed E-state index contributed by atoms with van der Waals surface area (Å²) in [4.78, 5) is 0. The Bertz CT molecular complexity index is 1690. The Morgan fingerprint density at radius 1 is 0.340 bits per heavy atom. The summed E-state index contributed by atoms with van der Waals surface area (Å²) in [5.41, 5.74) is 5.97. The van der Waals surface area contributed by atoms with Gasteiger partial charge in [0.05, 0.1) is 0 Å². The van der Waals surface area contributed by atoms with Crippen LogP contribution in [0.4, 0.5) is 0 Å². The Kier molecular flexibility index (Phi) is 17.3. The minimum absolute atomic E-state index is 0. The molecule has 53 heavy (non-hydrogen) atoms. The average Bonchev–Trinajstić information content (AvgIpc) is 3.13. The molecular weight excluding hydrogens is 688 g/mol. The number of para-hydroxylation sites is 3. The van der Waals surface area contributed by atoms with Crippen molar-refractivity contribution in [2.75, 3.05) is 0 Å². The number of aliphatic hydroxyl groups is 1. The number of aromatic hydroxyl groups is 3. The van der Waals surface area contributed by atoms with Crippen LogP contribution in [0.5, 0.6) is 17.2 Å². The topological polar surface area (TPSA) is 80.9 Å². The van der Waals surface area contributed by atoms with Crippen LogP contribution in [-0.2, 0) is 38.0 Å². The molecule has 0 atom stereocenters. The first-order chi connectivity index (χ1) is 24.6. The van der Waals surface area contributed by atoms with E-state index in [1.54, 1.807) is 32.0 Å². The Hall–Kier alpha value is -4.61. The van der Waals surface area contributed by atoms with Gasteiger partial charge < -0.3 is 20.4 Å². The van der Waals surface area contributed by atoms with Gasteiger partial charge in [0.15, 0.2) is 0 Å². The third kappa shape index (κ3) is 12.5. The number of phenolic OH excluding ortho intramolecular Hbond substituents is 3. The third-order valence-electron chi connectivity index (χ3n) is 9.22. The monoisotopic (exact) mass is 744 g/mol. The van der Waals surface area contributed by atoms with Gasteiger partial charge in [0.25, 0.3) is 0 Å². The van der Waals surface area contributed by atoms with Crippen LogP contribution in [0.25, 0.3) is 0 Å². The van der Waals surface area contributed by atoms with Crippen molar-refractivity contribution in [2.45, 2.75) is 77.7 Å². The molecule has 0 aliphatic carbocycles. The van der Waals surface area contributed by atoms with Gasteiger partial charge in [0.1, 0.15) is 17.2 Å². The maximum absolute atomic E-state index is 9.91. The zero-order valence-corrected chi connectivity index (χ0v) is 34.0. The van der Waals surface area contributed by atoms with Crippen LogP contribution in [0.2, 0.25) is 0 Å². The Morgan fingerprint density at radius 3 is 0.698 bits per heavy atom. The predicted molar refractivity (Wildman–Crippen MR) is 217 cm³/mol. The van der Waals surface area contributed by atoms with Gasteiger partial charge in [0.2, 0.25) is 0 Å².